The molecule has 0 aromatic carbocycles. The Labute approximate surface area is 128 Å². The quantitative estimate of drug-likeness (QED) is 0.442. The summed E-state index contributed by atoms with van der Waals surface area (Å²) in [6.07, 6.45) is 3.36. The Hall–Kier alpha value is -0.980. The summed E-state index contributed by atoms with van der Waals surface area (Å²) < 4.78 is 0. The summed E-state index contributed by atoms with van der Waals surface area (Å²) in [5.74, 6) is 6.63. The summed E-state index contributed by atoms with van der Waals surface area (Å²) in [5.41, 5.74) is 2.88. The Kier molecular flexibility index (Phi) is 5.51. The first-order chi connectivity index (χ1) is 9.63. The standard InChI is InChI=1S/C13H19ClN4OS/c1-2-20-10-5-3-4-9(10)16-13(19)8-6-11(14)17-12(7-8)18-15/h6-7,9-10H,2-5,15H2,1H3,(H,16,19)(H,17,18). The van der Waals surface area contributed by atoms with Crippen molar-refractivity contribution in [2.24, 2.45) is 5.84 Å². The van der Waals surface area contributed by atoms with E-state index in [9.17, 15) is 4.79 Å². The van der Waals surface area contributed by atoms with Crippen molar-refractivity contribution in [3.05, 3.63) is 22.8 Å². The molecule has 0 saturated heterocycles. The fourth-order valence-electron chi connectivity index (χ4n) is 2.46. The van der Waals surface area contributed by atoms with Crippen molar-refractivity contribution in [2.75, 3.05) is 11.2 Å². The van der Waals surface area contributed by atoms with Gasteiger partial charge >= 0.3 is 0 Å². The molecule has 2 unspecified atom stereocenters. The molecule has 110 valence electrons. The van der Waals surface area contributed by atoms with E-state index in [1.165, 1.54) is 0 Å². The Bertz CT molecular complexity index is 485. The number of nitrogens with zero attached hydrogens (tertiary/aromatic N) is 1. The number of halogens is 1. The van der Waals surface area contributed by atoms with Crippen molar-refractivity contribution in [1.82, 2.24) is 10.3 Å². The molecule has 0 aliphatic heterocycles. The average Bonchev–Trinajstić information content (AvgIpc) is 2.85. The lowest BCUT2D eigenvalue weighted by molar-refractivity contribution is 0.0938. The minimum absolute atomic E-state index is 0.126. The maximum Gasteiger partial charge on any atom is 0.251 e. The lowest BCUT2D eigenvalue weighted by atomic mass is 10.2. The van der Waals surface area contributed by atoms with Gasteiger partial charge in [0.05, 0.1) is 0 Å². The molecule has 1 amide bonds. The van der Waals surface area contributed by atoms with Crippen LogP contribution >= 0.6 is 23.4 Å². The van der Waals surface area contributed by atoms with E-state index in [0.717, 1.165) is 25.0 Å². The van der Waals surface area contributed by atoms with Gasteiger partial charge in [0.1, 0.15) is 11.0 Å². The highest BCUT2D eigenvalue weighted by Crippen LogP contribution is 2.30. The number of hydrogen-bond acceptors (Lipinski definition) is 5. The number of rotatable bonds is 5. The first-order valence-electron chi connectivity index (χ1n) is 6.70. The number of aromatic nitrogens is 1. The van der Waals surface area contributed by atoms with E-state index in [0.29, 0.717) is 16.6 Å². The van der Waals surface area contributed by atoms with Crippen LogP contribution in [0.5, 0.6) is 0 Å². The summed E-state index contributed by atoms with van der Waals surface area (Å²) in [4.78, 5) is 16.3. The topological polar surface area (TPSA) is 80.0 Å². The van der Waals surface area contributed by atoms with Gasteiger partial charge in [-0.05, 0) is 30.7 Å². The van der Waals surface area contributed by atoms with Gasteiger partial charge in [0.25, 0.3) is 5.91 Å². The predicted molar refractivity (Wildman–Crippen MR) is 84.1 cm³/mol. The van der Waals surface area contributed by atoms with E-state index < -0.39 is 0 Å². The normalized spacial score (nSPS) is 21.8. The number of nitrogens with two attached hydrogens (primary N) is 1. The molecule has 7 heteroatoms. The smallest absolute Gasteiger partial charge is 0.251 e. The second-order valence-electron chi connectivity index (χ2n) is 4.71. The molecule has 1 aliphatic rings. The van der Waals surface area contributed by atoms with Gasteiger partial charge in [-0.15, -0.1) is 0 Å². The van der Waals surface area contributed by atoms with Crippen LogP contribution in [0.15, 0.2) is 12.1 Å². The number of hydrazine groups is 1. The van der Waals surface area contributed by atoms with Crippen molar-refractivity contribution in [1.29, 1.82) is 0 Å². The maximum absolute atomic E-state index is 12.3. The number of nitrogens with one attached hydrogen (secondary N) is 2. The van der Waals surface area contributed by atoms with E-state index in [4.69, 9.17) is 17.4 Å². The fraction of sp³-hybridized carbons (Fsp3) is 0.538. The van der Waals surface area contributed by atoms with Crippen molar-refractivity contribution in [3.8, 4) is 0 Å². The molecule has 1 fully saturated rings. The number of pyridine rings is 1. The molecular weight excluding hydrogens is 296 g/mol. The van der Waals surface area contributed by atoms with Gasteiger partial charge in [0.2, 0.25) is 0 Å². The number of nitrogen functional groups attached to an aromatic ring is 1. The van der Waals surface area contributed by atoms with E-state index in [1.54, 1.807) is 12.1 Å². The SMILES string of the molecule is CCSC1CCCC1NC(=O)c1cc(Cl)nc(NN)c1. The molecule has 1 aromatic rings. The molecule has 1 heterocycles. The number of thioether (sulfide) groups is 1. The van der Waals surface area contributed by atoms with Crippen molar-refractivity contribution < 1.29 is 4.79 Å². The van der Waals surface area contributed by atoms with Crippen molar-refractivity contribution in [3.63, 3.8) is 0 Å². The summed E-state index contributed by atoms with van der Waals surface area (Å²) in [6, 6.07) is 3.38. The number of anilines is 1. The van der Waals surface area contributed by atoms with Crippen LogP contribution in [-0.4, -0.2) is 27.9 Å². The Morgan fingerprint density at radius 2 is 2.35 bits per heavy atom. The Balaban J connectivity index is 2.06. The third-order valence-corrected chi connectivity index (χ3v) is 4.87. The Morgan fingerprint density at radius 3 is 3.05 bits per heavy atom. The first-order valence-corrected chi connectivity index (χ1v) is 8.13. The highest BCUT2D eigenvalue weighted by atomic mass is 35.5. The highest BCUT2D eigenvalue weighted by Gasteiger charge is 2.28. The zero-order valence-electron chi connectivity index (χ0n) is 11.4. The van der Waals surface area contributed by atoms with Gasteiger partial charge in [-0.3, -0.25) is 4.79 Å². The van der Waals surface area contributed by atoms with Crippen LogP contribution in [-0.2, 0) is 0 Å². The lowest BCUT2D eigenvalue weighted by Gasteiger charge is -2.20. The van der Waals surface area contributed by atoms with Gasteiger partial charge in [-0.25, -0.2) is 10.8 Å². The number of carbonyl (C=O) groups excluding carboxylic acids is 1. The highest BCUT2D eigenvalue weighted by molar-refractivity contribution is 7.99. The molecule has 0 radical (unpaired) electrons. The zero-order valence-corrected chi connectivity index (χ0v) is 12.9. The molecule has 0 spiro atoms. The zero-order chi connectivity index (χ0) is 14.5. The fourth-order valence-corrected chi connectivity index (χ4v) is 3.86. The molecular formula is C13H19ClN4OS. The first kappa shape index (κ1) is 15.4. The minimum atomic E-state index is -0.126. The molecule has 2 atom stereocenters. The van der Waals surface area contributed by atoms with Crippen LogP contribution in [0.3, 0.4) is 0 Å². The third-order valence-electron chi connectivity index (χ3n) is 3.35. The van der Waals surface area contributed by atoms with Crippen LogP contribution in [0.4, 0.5) is 5.82 Å². The van der Waals surface area contributed by atoms with Crippen LogP contribution in [0.1, 0.15) is 36.5 Å². The molecule has 5 nitrogen and oxygen atoms in total. The summed E-state index contributed by atoms with van der Waals surface area (Å²) in [6.45, 7) is 2.14. The monoisotopic (exact) mass is 314 g/mol. The molecule has 1 saturated carbocycles. The van der Waals surface area contributed by atoms with E-state index in [-0.39, 0.29) is 17.1 Å². The molecule has 1 aromatic heterocycles. The predicted octanol–water partition coefficient (Wildman–Crippen LogP) is 2.42. The molecule has 20 heavy (non-hydrogen) atoms. The lowest BCUT2D eigenvalue weighted by Crippen LogP contribution is -2.38. The van der Waals surface area contributed by atoms with Crippen LogP contribution in [0.25, 0.3) is 0 Å². The van der Waals surface area contributed by atoms with E-state index in [1.807, 2.05) is 11.8 Å². The second-order valence-corrected chi connectivity index (χ2v) is 6.62. The van der Waals surface area contributed by atoms with Crippen LogP contribution in [0, 0.1) is 0 Å². The molecule has 2 rings (SSSR count). The van der Waals surface area contributed by atoms with Crippen LogP contribution < -0.4 is 16.6 Å². The number of hydrogen-bond donors (Lipinski definition) is 3. The van der Waals surface area contributed by atoms with E-state index in [2.05, 4.69) is 22.7 Å². The largest absolute Gasteiger partial charge is 0.348 e. The van der Waals surface area contributed by atoms with Gasteiger partial charge in [-0.2, -0.15) is 11.8 Å². The van der Waals surface area contributed by atoms with Gasteiger partial charge in [0, 0.05) is 16.9 Å². The van der Waals surface area contributed by atoms with Gasteiger partial charge < -0.3 is 10.7 Å². The van der Waals surface area contributed by atoms with E-state index >= 15 is 0 Å². The molecule has 1 aliphatic carbocycles. The molecule has 0 bridgehead atoms. The average molecular weight is 315 g/mol. The maximum atomic E-state index is 12.3. The molecule has 4 N–H and O–H groups in total. The van der Waals surface area contributed by atoms with Gasteiger partial charge in [0.15, 0.2) is 0 Å². The van der Waals surface area contributed by atoms with Gasteiger partial charge in [-0.1, -0.05) is 24.9 Å². The third kappa shape index (κ3) is 3.77. The summed E-state index contributed by atoms with van der Waals surface area (Å²) in [7, 11) is 0. The summed E-state index contributed by atoms with van der Waals surface area (Å²) in [5, 5.41) is 3.85. The minimum Gasteiger partial charge on any atom is -0.348 e. The number of amides is 1. The van der Waals surface area contributed by atoms with Crippen molar-refractivity contribution in [2.45, 2.75) is 37.5 Å². The second kappa shape index (κ2) is 7.15. The summed E-state index contributed by atoms with van der Waals surface area (Å²) >= 11 is 7.79. The Morgan fingerprint density at radius 1 is 1.55 bits per heavy atom. The van der Waals surface area contributed by atoms with Crippen molar-refractivity contribution >= 4 is 35.1 Å². The number of carbonyl (C=O) groups is 1. The van der Waals surface area contributed by atoms with Crippen LogP contribution in [0.2, 0.25) is 5.15 Å².